The van der Waals surface area contributed by atoms with E-state index in [4.69, 9.17) is 17.0 Å². The maximum atomic E-state index is 9.88. The molecule has 20 heavy (non-hydrogen) atoms. The first-order valence-electron chi connectivity index (χ1n) is 7.05. The number of hydrogen-bond acceptors (Lipinski definition) is 4. The summed E-state index contributed by atoms with van der Waals surface area (Å²) in [5.41, 5.74) is 0. The van der Waals surface area contributed by atoms with Crippen LogP contribution in [0.4, 0.5) is 0 Å². The minimum Gasteiger partial charge on any atom is -0.391 e. The Labute approximate surface area is 125 Å². The van der Waals surface area contributed by atoms with E-state index in [2.05, 4.69) is 30.6 Å². The lowest BCUT2D eigenvalue weighted by Crippen LogP contribution is -2.18. The predicted octanol–water partition coefficient (Wildman–Crippen LogP) is 2.48. The van der Waals surface area contributed by atoms with Crippen molar-refractivity contribution >= 4 is 12.2 Å². The molecule has 0 aliphatic carbocycles. The van der Waals surface area contributed by atoms with Gasteiger partial charge in [0.15, 0.2) is 4.77 Å². The Morgan fingerprint density at radius 3 is 2.90 bits per heavy atom. The van der Waals surface area contributed by atoms with Crippen molar-refractivity contribution in [3.8, 4) is 0 Å². The van der Waals surface area contributed by atoms with Crippen LogP contribution in [-0.2, 0) is 17.7 Å². The molecule has 2 N–H and O–H groups in total. The third kappa shape index (κ3) is 5.98. The second kappa shape index (κ2) is 9.05. The largest absolute Gasteiger partial charge is 0.391 e. The van der Waals surface area contributed by atoms with Crippen LogP contribution in [0.15, 0.2) is 12.7 Å². The van der Waals surface area contributed by atoms with Crippen molar-refractivity contribution in [3.05, 3.63) is 23.3 Å². The highest BCUT2D eigenvalue weighted by molar-refractivity contribution is 7.71. The first-order valence-corrected chi connectivity index (χ1v) is 7.46. The van der Waals surface area contributed by atoms with E-state index in [0.29, 0.717) is 43.3 Å². The minimum atomic E-state index is -0.468. The van der Waals surface area contributed by atoms with Gasteiger partial charge in [0.1, 0.15) is 5.82 Å². The third-order valence-electron chi connectivity index (χ3n) is 3.00. The second-order valence-electron chi connectivity index (χ2n) is 5.29. The number of rotatable bonds is 10. The molecule has 0 spiro atoms. The summed E-state index contributed by atoms with van der Waals surface area (Å²) in [6.45, 7) is 9.71. The van der Waals surface area contributed by atoms with Gasteiger partial charge in [-0.2, -0.15) is 5.10 Å². The number of aliphatic hydroxyl groups is 1. The van der Waals surface area contributed by atoms with Crippen LogP contribution in [0.5, 0.6) is 0 Å². The van der Waals surface area contributed by atoms with Gasteiger partial charge in [0.2, 0.25) is 0 Å². The van der Waals surface area contributed by atoms with Gasteiger partial charge >= 0.3 is 0 Å². The van der Waals surface area contributed by atoms with Gasteiger partial charge in [-0.25, -0.2) is 0 Å². The van der Waals surface area contributed by atoms with E-state index in [1.807, 2.05) is 4.57 Å². The molecule has 1 unspecified atom stereocenters. The summed E-state index contributed by atoms with van der Waals surface area (Å²) >= 11 is 5.14. The van der Waals surface area contributed by atoms with E-state index in [0.717, 1.165) is 12.2 Å². The van der Waals surface area contributed by atoms with E-state index in [9.17, 15) is 5.11 Å². The minimum absolute atomic E-state index is 0.374. The number of aromatic nitrogens is 3. The van der Waals surface area contributed by atoms with Crippen LogP contribution in [0.2, 0.25) is 0 Å². The summed E-state index contributed by atoms with van der Waals surface area (Å²) in [6.07, 6.45) is 3.60. The fourth-order valence-electron chi connectivity index (χ4n) is 1.78. The standard InChI is InChI=1S/C14H25N3O2S/c1-4-8-17-13(15-16-14(17)20)6-5-12(18)10-19-9-7-11(2)3/h4,11-12,18H,1,5-10H2,2-3H3,(H,16,20). The Morgan fingerprint density at radius 1 is 1.50 bits per heavy atom. The number of hydrogen-bond donors (Lipinski definition) is 2. The summed E-state index contributed by atoms with van der Waals surface area (Å²) < 4.78 is 7.93. The average molecular weight is 299 g/mol. The van der Waals surface area contributed by atoms with Gasteiger partial charge in [0.25, 0.3) is 0 Å². The second-order valence-corrected chi connectivity index (χ2v) is 5.68. The summed E-state index contributed by atoms with van der Waals surface area (Å²) in [5, 5.41) is 16.8. The quantitative estimate of drug-likeness (QED) is 0.396. The van der Waals surface area contributed by atoms with E-state index >= 15 is 0 Å². The zero-order chi connectivity index (χ0) is 15.0. The molecular weight excluding hydrogens is 274 g/mol. The molecule has 114 valence electrons. The molecule has 0 saturated carbocycles. The van der Waals surface area contributed by atoms with Crippen LogP contribution in [0, 0.1) is 10.7 Å². The van der Waals surface area contributed by atoms with Gasteiger partial charge in [-0.15, -0.1) is 6.58 Å². The number of nitrogens with zero attached hydrogens (tertiary/aromatic N) is 2. The highest BCUT2D eigenvalue weighted by Gasteiger charge is 2.09. The van der Waals surface area contributed by atoms with Crippen molar-refractivity contribution in [3.63, 3.8) is 0 Å². The molecule has 5 nitrogen and oxygen atoms in total. The molecule has 0 radical (unpaired) electrons. The molecule has 0 amide bonds. The van der Waals surface area contributed by atoms with E-state index in [-0.39, 0.29) is 0 Å². The molecule has 1 aromatic rings. The van der Waals surface area contributed by atoms with Gasteiger partial charge in [0, 0.05) is 19.6 Å². The van der Waals surface area contributed by atoms with Gasteiger partial charge < -0.3 is 14.4 Å². The number of aryl methyl sites for hydroxylation is 1. The topological polar surface area (TPSA) is 63.1 Å². The van der Waals surface area contributed by atoms with Crippen LogP contribution in [0.3, 0.4) is 0 Å². The molecular formula is C14H25N3O2S. The average Bonchev–Trinajstić information content (AvgIpc) is 2.74. The first kappa shape index (κ1) is 17.1. The maximum Gasteiger partial charge on any atom is 0.195 e. The Balaban J connectivity index is 2.32. The smallest absolute Gasteiger partial charge is 0.195 e. The fourth-order valence-corrected chi connectivity index (χ4v) is 2.00. The lowest BCUT2D eigenvalue weighted by atomic mass is 10.1. The van der Waals surface area contributed by atoms with Crippen molar-refractivity contribution in [1.82, 2.24) is 14.8 Å². The number of aliphatic hydroxyl groups excluding tert-OH is 1. The number of allylic oxidation sites excluding steroid dienone is 1. The van der Waals surface area contributed by atoms with Gasteiger partial charge in [0.05, 0.1) is 12.7 Å². The Morgan fingerprint density at radius 2 is 2.25 bits per heavy atom. The van der Waals surface area contributed by atoms with Crippen LogP contribution >= 0.6 is 12.2 Å². The molecule has 1 aromatic heterocycles. The third-order valence-corrected chi connectivity index (χ3v) is 3.31. The molecule has 6 heteroatoms. The number of aromatic amines is 1. The van der Waals surface area contributed by atoms with Gasteiger partial charge in [-0.1, -0.05) is 19.9 Å². The molecule has 1 rings (SSSR count). The molecule has 0 aromatic carbocycles. The summed E-state index contributed by atoms with van der Waals surface area (Å²) in [7, 11) is 0. The van der Waals surface area contributed by atoms with Crippen molar-refractivity contribution in [2.45, 2.75) is 45.8 Å². The zero-order valence-electron chi connectivity index (χ0n) is 12.3. The first-order chi connectivity index (χ1) is 9.54. The summed E-state index contributed by atoms with van der Waals surface area (Å²) in [5.74, 6) is 1.47. The van der Waals surface area contributed by atoms with E-state index in [1.54, 1.807) is 6.08 Å². The normalized spacial score (nSPS) is 12.8. The van der Waals surface area contributed by atoms with Crippen molar-refractivity contribution in [2.75, 3.05) is 13.2 Å². The van der Waals surface area contributed by atoms with Crippen molar-refractivity contribution in [2.24, 2.45) is 5.92 Å². The van der Waals surface area contributed by atoms with E-state index in [1.165, 1.54) is 0 Å². The highest BCUT2D eigenvalue weighted by atomic mass is 32.1. The SMILES string of the molecule is C=CCn1c(CCC(O)COCCC(C)C)n[nH]c1=S. The number of ether oxygens (including phenoxy) is 1. The highest BCUT2D eigenvalue weighted by Crippen LogP contribution is 2.06. The Bertz CT molecular complexity index is 454. The number of nitrogens with one attached hydrogen (secondary N) is 1. The zero-order valence-corrected chi connectivity index (χ0v) is 13.2. The molecule has 0 bridgehead atoms. The van der Waals surface area contributed by atoms with Crippen LogP contribution < -0.4 is 0 Å². The summed E-state index contributed by atoms with van der Waals surface area (Å²) in [6, 6.07) is 0. The Kier molecular flexibility index (Phi) is 7.72. The molecule has 0 aliphatic rings. The monoisotopic (exact) mass is 299 g/mol. The van der Waals surface area contributed by atoms with Crippen LogP contribution in [0.1, 0.15) is 32.5 Å². The molecule has 1 heterocycles. The lowest BCUT2D eigenvalue weighted by molar-refractivity contribution is 0.0285. The van der Waals surface area contributed by atoms with Gasteiger partial charge in [-0.05, 0) is 31.0 Å². The van der Waals surface area contributed by atoms with E-state index < -0.39 is 6.10 Å². The molecule has 0 saturated heterocycles. The van der Waals surface area contributed by atoms with Crippen molar-refractivity contribution < 1.29 is 9.84 Å². The summed E-state index contributed by atoms with van der Waals surface area (Å²) in [4.78, 5) is 0. The molecule has 0 fully saturated rings. The molecule has 1 atom stereocenters. The maximum absolute atomic E-state index is 9.88. The van der Waals surface area contributed by atoms with Gasteiger partial charge in [-0.3, -0.25) is 5.10 Å². The predicted molar refractivity (Wildman–Crippen MR) is 82.2 cm³/mol. The Hall–Kier alpha value is -0.980. The van der Waals surface area contributed by atoms with Crippen LogP contribution in [-0.4, -0.2) is 39.2 Å². The number of H-pyrrole nitrogens is 1. The van der Waals surface area contributed by atoms with Crippen molar-refractivity contribution in [1.29, 1.82) is 0 Å². The van der Waals surface area contributed by atoms with Crippen LogP contribution in [0.25, 0.3) is 0 Å². The molecule has 0 aliphatic heterocycles. The lowest BCUT2D eigenvalue weighted by Gasteiger charge is -2.12. The fraction of sp³-hybridized carbons (Fsp3) is 0.714.